The molecular formula is C12H23N5O. The van der Waals surface area contributed by atoms with E-state index in [0.717, 1.165) is 32.1 Å². The van der Waals surface area contributed by atoms with Crippen LogP contribution in [0.25, 0.3) is 0 Å². The SMILES string of the molecule is CCCCC(CCC)NC(=O)Cn1cnc(N)n1. The van der Waals surface area contributed by atoms with Gasteiger partial charge >= 0.3 is 0 Å². The van der Waals surface area contributed by atoms with Gasteiger partial charge in [0.2, 0.25) is 11.9 Å². The maximum absolute atomic E-state index is 11.8. The molecule has 0 aliphatic heterocycles. The number of unbranched alkanes of at least 4 members (excludes halogenated alkanes) is 1. The Morgan fingerprint density at radius 1 is 1.44 bits per heavy atom. The fourth-order valence-electron chi connectivity index (χ4n) is 1.89. The van der Waals surface area contributed by atoms with Crippen LogP contribution in [0.2, 0.25) is 0 Å². The molecule has 1 aromatic heterocycles. The number of nitrogen functional groups attached to an aromatic ring is 1. The lowest BCUT2D eigenvalue weighted by Crippen LogP contribution is -2.37. The lowest BCUT2D eigenvalue weighted by Gasteiger charge is -2.17. The molecule has 0 radical (unpaired) electrons. The second kappa shape index (κ2) is 7.68. The normalized spacial score (nSPS) is 12.3. The second-order valence-corrected chi connectivity index (χ2v) is 4.50. The van der Waals surface area contributed by atoms with Gasteiger partial charge < -0.3 is 11.1 Å². The van der Waals surface area contributed by atoms with Crippen LogP contribution in [0.1, 0.15) is 46.0 Å². The fraction of sp³-hybridized carbons (Fsp3) is 0.750. The van der Waals surface area contributed by atoms with Crippen molar-refractivity contribution in [2.75, 3.05) is 5.73 Å². The van der Waals surface area contributed by atoms with E-state index < -0.39 is 0 Å². The third-order valence-electron chi connectivity index (χ3n) is 2.77. The molecule has 0 fully saturated rings. The Balaban J connectivity index is 2.40. The maximum atomic E-state index is 11.8. The van der Waals surface area contributed by atoms with Gasteiger partial charge in [-0.3, -0.25) is 4.79 Å². The zero-order chi connectivity index (χ0) is 13.4. The first kappa shape index (κ1) is 14.5. The Morgan fingerprint density at radius 2 is 2.22 bits per heavy atom. The summed E-state index contributed by atoms with van der Waals surface area (Å²) in [5.74, 6) is 0.161. The molecule has 102 valence electrons. The Bertz CT molecular complexity index is 363. The molecule has 1 heterocycles. The molecule has 1 aromatic rings. The van der Waals surface area contributed by atoms with Crippen LogP contribution in [0.3, 0.4) is 0 Å². The van der Waals surface area contributed by atoms with Crippen molar-refractivity contribution in [1.82, 2.24) is 20.1 Å². The number of rotatable bonds is 8. The topological polar surface area (TPSA) is 85.8 Å². The van der Waals surface area contributed by atoms with Crippen molar-refractivity contribution < 1.29 is 4.79 Å². The number of hydrogen-bond acceptors (Lipinski definition) is 4. The molecule has 0 aliphatic carbocycles. The van der Waals surface area contributed by atoms with E-state index in [9.17, 15) is 4.79 Å². The second-order valence-electron chi connectivity index (χ2n) is 4.50. The largest absolute Gasteiger partial charge is 0.367 e. The van der Waals surface area contributed by atoms with Crippen molar-refractivity contribution in [3.8, 4) is 0 Å². The van der Waals surface area contributed by atoms with Crippen molar-refractivity contribution in [3.05, 3.63) is 6.33 Å². The predicted molar refractivity (Wildman–Crippen MR) is 70.8 cm³/mol. The summed E-state index contributed by atoms with van der Waals surface area (Å²) in [7, 11) is 0. The number of nitrogens with zero attached hydrogens (tertiary/aromatic N) is 3. The number of hydrogen-bond donors (Lipinski definition) is 2. The number of aromatic nitrogens is 3. The Hall–Kier alpha value is -1.59. The summed E-state index contributed by atoms with van der Waals surface area (Å²) in [6.45, 7) is 4.46. The van der Waals surface area contributed by atoms with Gasteiger partial charge in [-0.25, -0.2) is 9.67 Å². The summed E-state index contributed by atoms with van der Waals surface area (Å²) < 4.78 is 1.45. The zero-order valence-electron chi connectivity index (χ0n) is 11.2. The third kappa shape index (κ3) is 5.16. The minimum atomic E-state index is -0.0329. The number of anilines is 1. The highest BCUT2D eigenvalue weighted by Gasteiger charge is 2.11. The van der Waals surface area contributed by atoms with Crippen molar-refractivity contribution in [1.29, 1.82) is 0 Å². The standard InChI is InChI=1S/C12H23N5O/c1-3-5-7-10(6-4-2)15-11(18)8-17-9-14-12(13)16-17/h9-10H,3-8H2,1-2H3,(H2,13,16)(H,15,18). The molecule has 3 N–H and O–H groups in total. The average Bonchev–Trinajstić information content (AvgIpc) is 2.71. The van der Waals surface area contributed by atoms with E-state index >= 15 is 0 Å². The number of amides is 1. The number of nitrogens with two attached hydrogens (primary N) is 1. The Labute approximate surface area is 108 Å². The van der Waals surface area contributed by atoms with Gasteiger partial charge in [-0.2, -0.15) is 0 Å². The highest BCUT2D eigenvalue weighted by molar-refractivity contribution is 5.75. The molecular weight excluding hydrogens is 230 g/mol. The van der Waals surface area contributed by atoms with Gasteiger partial charge in [0.05, 0.1) is 0 Å². The minimum Gasteiger partial charge on any atom is -0.367 e. The summed E-state index contributed by atoms with van der Waals surface area (Å²) in [4.78, 5) is 15.6. The molecule has 1 atom stereocenters. The summed E-state index contributed by atoms with van der Waals surface area (Å²) in [6, 6.07) is 0.267. The van der Waals surface area contributed by atoms with E-state index in [0.29, 0.717) is 0 Å². The number of carbonyl (C=O) groups excluding carboxylic acids is 1. The van der Waals surface area contributed by atoms with E-state index in [1.54, 1.807) is 0 Å². The highest BCUT2D eigenvalue weighted by Crippen LogP contribution is 2.06. The Kier molecular flexibility index (Phi) is 6.18. The molecule has 0 saturated carbocycles. The van der Waals surface area contributed by atoms with Crippen molar-refractivity contribution >= 4 is 11.9 Å². The lowest BCUT2D eigenvalue weighted by molar-refractivity contribution is -0.122. The molecule has 0 aliphatic rings. The van der Waals surface area contributed by atoms with Crippen LogP contribution in [0.5, 0.6) is 0 Å². The van der Waals surface area contributed by atoms with E-state index in [2.05, 4.69) is 29.2 Å². The summed E-state index contributed by atoms with van der Waals surface area (Å²) in [5, 5.41) is 6.93. The van der Waals surface area contributed by atoms with Gasteiger partial charge in [-0.15, -0.1) is 5.10 Å². The molecule has 6 nitrogen and oxygen atoms in total. The van der Waals surface area contributed by atoms with Crippen molar-refractivity contribution in [2.24, 2.45) is 0 Å². The van der Waals surface area contributed by atoms with Gasteiger partial charge in [-0.05, 0) is 12.8 Å². The van der Waals surface area contributed by atoms with Gasteiger partial charge in [0.25, 0.3) is 0 Å². The van der Waals surface area contributed by atoms with Crippen LogP contribution in [0.4, 0.5) is 5.95 Å². The number of nitrogens with one attached hydrogen (secondary N) is 1. The molecule has 0 saturated heterocycles. The third-order valence-corrected chi connectivity index (χ3v) is 2.77. The van der Waals surface area contributed by atoms with Crippen LogP contribution in [0.15, 0.2) is 6.33 Å². The van der Waals surface area contributed by atoms with E-state index in [-0.39, 0.29) is 24.4 Å². The first-order chi connectivity index (χ1) is 8.65. The van der Waals surface area contributed by atoms with Crippen LogP contribution >= 0.6 is 0 Å². The first-order valence-electron chi connectivity index (χ1n) is 6.60. The molecule has 0 spiro atoms. The van der Waals surface area contributed by atoms with Gasteiger partial charge in [-0.1, -0.05) is 33.1 Å². The van der Waals surface area contributed by atoms with Crippen LogP contribution in [-0.4, -0.2) is 26.7 Å². The van der Waals surface area contributed by atoms with Crippen LogP contribution in [-0.2, 0) is 11.3 Å². The fourth-order valence-corrected chi connectivity index (χ4v) is 1.89. The van der Waals surface area contributed by atoms with E-state index in [4.69, 9.17) is 5.73 Å². The van der Waals surface area contributed by atoms with Crippen molar-refractivity contribution in [3.63, 3.8) is 0 Å². The van der Waals surface area contributed by atoms with Gasteiger partial charge in [0.1, 0.15) is 12.9 Å². The molecule has 0 bridgehead atoms. The smallest absolute Gasteiger partial charge is 0.242 e. The average molecular weight is 253 g/mol. The molecule has 1 rings (SSSR count). The first-order valence-corrected chi connectivity index (χ1v) is 6.60. The predicted octanol–water partition coefficient (Wildman–Crippen LogP) is 1.34. The minimum absolute atomic E-state index is 0.0329. The molecule has 6 heteroatoms. The zero-order valence-corrected chi connectivity index (χ0v) is 11.2. The van der Waals surface area contributed by atoms with E-state index in [1.165, 1.54) is 11.0 Å². The Morgan fingerprint density at radius 3 is 2.78 bits per heavy atom. The van der Waals surface area contributed by atoms with Crippen LogP contribution < -0.4 is 11.1 Å². The van der Waals surface area contributed by atoms with Crippen molar-refractivity contribution in [2.45, 2.75) is 58.5 Å². The summed E-state index contributed by atoms with van der Waals surface area (Å²) in [6.07, 6.45) is 6.89. The van der Waals surface area contributed by atoms with Gasteiger partial charge in [0, 0.05) is 6.04 Å². The molecule has 1 unspecified atom stereocenters. The molecule has 0 aromatic carbocycles. The maximum Gasteiger partial charge on any atom is 0.242 e. The number of carbonyl (C=O) groups is 1. The van der Waals surface area contributed by atoms with Crippen LogP contribution in [0, 0.1) is 0 Å². The lowest BCUT2D eigenvalue weighted by atomic mass is 10.1. The summed E-state index contributed by atoms with van der Waals surface area (Å²) >= 11 is 0. The quantitative estimate of drug-likeness (QED) is 0.732. The van der Waals surface area contributed by atoms with E-state index in [1.807, 2.05) is 0 Å². The monoisotopic (exact) mass is 253 g/mol. The summed E-state index contributed by atoms with van der Waals surface area (Å²) in [5.41, 5.74) is 5.39. The molecule has 1 amide bonds. The molecule has 18 heavy (non-hydrogen) atoms. The van der Waals surface area contributed by atoms with Gasteiger partial charge in [0.15, 0.2) is 0 Å². The highest BCUT2D eigenvalue weighted by atomic mass is 16.2.